The van der Waals surface area contributed by atoms with Crippen molar-refractivity contribution in [2.75, 3.05) is 53.4 Å². The number of nitrogens with one attached hydrogen (secondary N) is 1. The van der Waals surface area contributed by atoms with Gasteiger partial charge in [0.1, 0.15) is 5.65 Å². The molecular formula is C26H35N5O4. The lowest BCUT2D eigenvalue weighted by molar-refractivity contribution is -0.139. The van der Waals surface area contributed by atoms with Crippen LogP contribution >= 0.6 is 0 Å². The molecule has 9 heteroatoms. The minimum Gasteiger partial charge on any atom is -0.462 e. The van der Waals surface area contributed by atoms with E-state index in [0.717, 1.165) is 49.1 Å². The maximum absolute atomic E-state index is 13.3. The largest absolute Gasteiger partial charge is 0.462 e. The number of pyridine rings is 1. The molecule has 35 heavy (non-hydrogen) atoms. The van der Waals surface area contributed by atoms with Crippen LogP contribution in [-0.2, 0) is 19.1 Å². The normalized spacial score (nSPS) is 18.4. The van der Waals surface area contributed by atoms with Gasteiger partial charge in [0.05, 0.1) is 6.61 Å². The molecule has 0 bridgehead atoms. The van der Waals surface area contributed by atoms with Gasteiger partial charge in [-0.2, -0.15) is 0 Å². The monoisotopic (exact) mass is 481 g/mol. The van der Waals surface area contributed by atoms with Crippen LogP contribution in [0.4, 0.5) is 0 Å². The van der Waals surface area contributed by atoms with Crippen LogP contribution in [0.2, 0.25) is 0 Å². The third-order valence-corrected chi connectivity index (χ3v) is 6.63. The van der Waals surface area contributed by atoms with Crippen molar-refractivity contribution in [2.24, 2.45) is 0 Å². The molecule has 0 radical (unpaired) electrons. The first-order valence-corrected chi connectivity index (χ1v) is 12.3. The van der Waals surface area contributed by atoms with Crippen LogP contribution < -0.4 is 0 Å². The number of esters is 1. The standard InChI is InChI=1S/C26H35N5O4/c1-5-30(15-14-29(3)4)19-9-12-31(13-10-19)25-22(26(33)34-6-2)23(32)21(35-25)16-18-17-28-24-20(18)8-7-11-27-24/h7-8,11,16-17,19H,5-6,9-10,12-15H2,1-4H3,(H,27,28). The maximum atomic E-state index is 13.3. The number of Topliss-reactive ketones (excluding diaryl/α,β-unsaturated/α-hetero) is 1. The number of allylic oxidation sites excluding steroid dienone is 1. The molecule has 1 fully saturated rings. The fraction of sp³-hybridized carbons (Fsp3) is 0.500. The van der Waals surface area contributed by atoms with Gasteiger partial charge >= 0.3 is 5.97 Å². The summed E-state index contributed by atoms with van der Waals surface area (Å²) in [5, 5.41) is 0.876. The second kappa shape index (κ2) is 11.0. The van der Waals surface area contributed by atoms with E-state index >= 15 is 0 Å². The van der Waals surface area contributed by atoms with Gasteiger partial charge in [-0.15, -0.1) is 0 Å². The topological polar surface area (TPSA) is 91.0 Å². The third kappa shape index (κ3) is 5.41. The number of aromatic amines is 1. The van der Waals surface area contributed by atoms with Crippen molar-refractivity contribution < 1.29 is 19.1 Å². The van der Waals surface area contributed by atoms with E-state index in [-0.39, 0.29) is 17.9 Å². The average molecular weight is 482 g/mol. The van der Waals surface area contributed by atoms with Crippen LogP contribution in [-0.4, -0.2) is 95.9 Å². The van der Waals surface area contributed by atoms with E-state index in [1.807, 2.05) is 17.0 Å². The van der Waals surface area contributed by atoms with Crippen LogP contribution in [0.25, 0.3) is 17.1 Å². The van der Waals surface area contributed by atoms with E-state index < -0.39 is 11.8 Å². The molecule has 2 aromatic heterocycles. The van der Waals surface area contributed by atoms with Crippen molar-refractivity contribution in [1.82, 2.24) is 24.7 Å². The molecule has 0 saturated carbocycles. The number of likely N-dealkylation sites (tertiary alicyclic amines) is 1. The summed E-state index contributed by atoms with van der Waals surface area (Å²) >= 11 is 0. The number of hydrogen-bond donors (Lipinski definition) is 1. The second-order valence-electron chi connectivity index (χ2n) is 9.13. The summed E-state index contributed by atoms with van der Waals surface area (Å²) in [6, 6.07) is 4.23. The Bertz CT molecular complexity index is 1130. The predicted molar refractivity (Wildman–Crippen MR) is 134 cm³/mol. The van der Waals surface area contributed by atoms with E-state index in [9.17, 15) is 9.59 Å². The maximum Gasteiger partial charge on any atom is 0.347 e. The SMILES string of the molecule is CCOC(=O)C1=C(N2CCC(N(CC)CCN(C)C)CC2)OC(=Cc2c[nH]c3ncccc23)C1=O. The summed E-state index contributed by atoms with van der Waals surface area (Å²) < 4.78 is 11.3. The van der Waals surface area contributed by atoms with Crippen molar-refractivity contribution in [3.8, 4) is 0 Å². The van der Waals surface area contributed by atoms with E-state index in [4.69, 9.17) is 9.47 Å². The number of hydrogen-bond acceptors (Lipinski definition) is 8. The fourth-order valence-corrected chi connectivity index (χ4v) is 4.72. The average Bonchev–Trinajstić information content (AvgIpc) is 3.41. The molecule has 0 atom stereocenters. The Morgan fingerprint density at radius 1 is 1.29 bits per heavy atom. The van der Waals surface area contributed by atoms with E-state index in [2.05, 4.69) is 40.8 Å². The Morgan fingerprint density at radius 2 is 2.06 bits per heavy atom. The first-order chi connectivity index (χ1) is 16.9. The Morgan fingerprint density at radius 3 is 2.74 bits per heavy atom. The summed E-state index contributed by atoms with van der Waals surface area (Å²) in [7, 11) is 4.18. The Balaban J connectivity index is 1.54. The summed E-state index contributed by atoms with van der Waals surface area (Å²) in [4.78, 5) is 40.2. The Hall–Kier alpha value is -3.17. The molecule has 2 aromatic rings. The van der Waals surface area contributed by atoms with Crippen molar-refractivity contribution >= 4 is 28.9 Å². The highest BCUT2D eigenvalue weighted by atomic mass is 16.5. The highest BCUT2D eigenvalue weighted by Gasteiger charge is 2.40. The lowest BCUT2D eigenvalue weighted by Gasteiger charge is -2.39. The minimum absolute atomic E-state index is 0.0190. The molecule has 1 saturated heterocycles. The van der Waals surface area contributed by atoms with Gasteiger partial charge in [0, 0.05) is 55.6 Å². The molecule has 2 aliphatic rings. The van der Waals surface area contributed by atoms with E-state index in [0.29, 0.717) is 25.0 Å². The van der Waals surface area contributed by atoms with Gasteiger partial charge in [-0.3, -0.25) is 9.69 Å². The van der Waals surface area contributed by atoms with Gasteiger partial charge < -0.3 is 24.3 Å². The summed E-state index contributed by atoms with van der Waals surface area (Å²) in [5.74, 6) is -0.650. The number of fused-ring (bicyclic) bond motifs is 1. The molecule has 0 aliphatic carbocycles. The molecule has 0 unspecified atom stereocenters. The molecule has 1 N–H and O–H groups in total. The van der Waals surface area contributed by atoms with Crippen LogP contribution in [0.1, 0.15) is 32.3 Å². The fourth-order valence-electron chi connectivity index (χ4n) is 4.72. The van der Waals surface area contributed by atoms with E-state index in [1.54, 1.807) is 25.4 Å². The number of likely N-dealkylation sites (N-methyl/N-ethyl adjacent to an activating group) is 2. The number of piperidine rings is 1. The second-order valence-corrected chi connectivity index (χ2v) is 9.13. The van der Waals surface area contributed by atoms with Gasteiger partial charge in [0.25, 0.3) is 0 Å². The van der Waals surface area contributed by atoms with Crippen LogP contribution in [0.5, 0.6) is 0 Å². The van der Waals surface area contributed by atoms with Crippen molar-refractivity contribution in [3.63, 3.8) is 0 Å². The third-order valence-electron chi connectivity index (χ3n) is 6.63. The Labute approximate surface area is 206 Å². The summed E-state index contributed by atoms with van der Waals surface area (Å²) in [6.07, 6.45) is 7.02. The molecular weight excluding hydrogens is 446 g/mol. The molecule has 0 amide bonds. The van der Waals surface area contributed by atoms with Gasteiger partial charge in [0.15, 0.2) is 11.3 Å². The quantitative estimate of drug-likeness (QED) is 0.332. The number of aromatic nitrogens is 2. The molecule has 188 valence electrons. The number of ketones is 1. The zero-order valence-corrected chi connectivity index (χ0v) is 21.0. The highest BCUT2D eigenvalue weighted by Crippen LogP contribution is 2.33. The lowest BCUT2D eigenvalue weighted by atomic mass is 10.0. The number of nitrogens with zero attached hydrogens (tertiary/aromatic N) is 4. The van der Waals surface area contributed by atoms with Gasteiger partial charge in [-0.1, -0.05) is 6.92 Å². The number of ether oxygens (including phenoxy) is 2. The molecule has 4 rings (SSSR count). The summed E-state index contributed by atoms with van der Waals surface area (Å²) in [5.41, 5.74) is 1.48. The first kappa shape index (κ1) is 24.9. The van der Waals surface area contributed by atoms with E-state index in [1.165, 1.54) is 0 Å². The van der Waals surface area contributed by atoms with Crippen molar-refractivity contribution in [1.29, 1.82) is 0 Å². The van der Waals surface area contributed by atoms with Gasteiger partial charge in [-0.05, 0) is 58.6 Å². The number of rotatable bonds is 9. The van der Waals surface area contributed by atoms with Crippen LogP contribution in [0.3, 0.4) is 0 Å². The predicted octanol–water partition coefficient (Wildman–Crippen LogP) is 2.63. The summed E-state index contributed by atoms with van der Waals surface area (Å²) in [6.45, 7) is 8.56. The van der Waals surface area contributed by atoms with Crippen molar-refractivity contribution in [3.05, 3.63) is 47.3 Å². The van der Waals surface area contributed by atoms with Crippen molar-refractivity contribution in [2.45, 2.75) is 32.7 Å². The number of H-pyrrole nitrogens is 1. The minimum atomic E-state index is -0.639. The Kier molecular flexibility index (Phi) is 7.87. The molecule has 9 nitrogen and oxygen atoms in total. The van der Waals surface area contributed by atoms with Gasteiger partial charge in [0.2, 0.25) is 11.7 Å². The molecule has 0 spiro atoms. The zero-order valence-electron chi connectivity index (χ0n) is 21.0. The molecule has 4 heterocycles. The smallest absolute Gasteiger partial charge is 0.347 e. The first-order valence-electron chi connectivity index (χ1n) is 12.3. The number of carbonyl (C=O) groups is 2. The number of carbonyl (C=O) groups excluding carboxylic acids is 2. The highest BCUT2D eigenvalue weighted by molar-refractivity contribution is 6.26. The van der Waals surface area contributed by atoms with Crippen LogP contribution in [0, 0.1) is 0 Å². The zero-order chi connectivity index (χ0) is 24.9. The lowest BCUT2D eigenvalue weighted by Crippen LogP contribution is -2.46. The van der Waals surface area contributed by atoms with Crippen LogP contribution in [0.15, 0.2) is 41.7 Å². The van der Waals surface area contributed by atoms with Gasteiger partial charge in [-0.25, -0.2) is 9.78 Å². The molecule has 0 aromatic carbocycles. The molecule has 2 aliphatic heterocycles.